The fourth-order valence-corrected chi connectivity index (χ4v) is 3.63. The molecule has 0 saturated heterocycles. The van der Waals surface area contributed by atoms with Crippen LogP contribution in [0.25, 0.3) is 44.3 Å². The van der Waals surface area contributed by atoms with Crippen molar-refractivity contribution < 1.29 is 9.02 Å². The summed E-state index contributed by atoms with van der Waals surface area (Å²) >= 11 is 0. The molecule has 0 spiro atoms. The van der Waals surface area contributed by atoms with Crippen molar-refractivity contribution in [2.75, 3.05) is 0 Å². The summed E-state index contributed by atoms with van der Waals surface area (Å²) in [6.45, 7) is 0. The second kappa shape index (κ2) is 5.29. The molecular formula is C20H15FN4O. The second-order valence-corrected chi connectivity index (χ2v) is 6.45. The molecule has 0 aliphatic rings. The van der Waals surface area contributed by atoms with Gasteiger partial charge in [-0.05, 0) is 34.6 Å². The lowest BCUT2D eigenvalue weighted by atomic mass is 10.0. The first-order valence-corrected chi connectivity index (χ1v) is 8.25. The maximum atomic E-state index is 13.8. The molecule has 5 rings (SSSR count). The normalized spacial score (nSPS) is 11.7. The summed E-state index contributed by atoms with van der Waals surface area (Å²) < 4.78 is 22.9. The molecule has 26 heavy (non-hydrogen) atoms. The van der Waals surface area contributed by atoms with Gasteiger partial charge in [0.1, 0.15) is 17.2 Å². The molecule has 5 aromatic rings. The third-order valence-corrected chi connectivity index (χ3v) is 4.85. The van der Waals surface area contributed by atoms with E-state index in [0.717, 1.165) is 32.9 Å². The zero-order valence-electron chi connectivity index (χ0n) is 14.3. The molecule has 0 atom stereocenters. The van der Waals surface area contributed by atoms with E-state index in [1.165, 1.54) is 12.1 Å². The zero-order chi connectivity index (χ0) is 17.8. The van der Waals surface area contributed by atoms with Gasteiger partial charge in [0.15, 0.2) is 0 Å². The summed E-state index contributed by atoms with van der Waals surface area (Å²) in [7, 11) is 3.92. The largest absolute Gasteiger partial charge is 0.350 e. The lowest BCUT2D eigenvalue weighted by Crippen LogP contribution is -1.84. The van der Waals surface area contributed by atoms with E-state index < -0.39 is 0 Å². The molecule has 2 aromatic carbocycles. The molecule has 0 amide bonds. The highest BCUT2D eigenvalue weighted by Gasteiger charge is 2.21. The van der Waals surface area contributed by atoms with Gasteiger partial charge in [0.2, 0.25) is 0 Å². The molecule has 0 fully saturated rings. The fourth-order valence-electron chi connectivity index (χ4n) is 3.63. The molecule has 5 nitrogen and oxygen atoms in total. The standard InChI is InChI=1S/C20H15FN4O/c1-24-10-15(13-5-3-4-6-17(13)24)19-20(23-26-22-19)16-11-25(2)18-8-7-12(21)9-14(16)18/h3-11H,1-2H3. The van der Waals surface area contributed by atoms with Crippen molar-refractivity contribution in [3.8, 4) is 22.5 Å². The lowest BCUT2D eigenvalue weighted by molar-refractivity contribution is 0.310. The summed E-state index contributed by atoms with van der Waals surface area (Å²) in [5, 5.41) is 10.2. The molecular weight excluding hydrogens is 331 g/mol. The van der Waals surface area contributed by atoms with Crippen LogP contribution in [0.15, 0.2) is 59.5 Å². The van der Waals surface area contributed by atoms with Gasteiger partial charge in [0, 0.05) is 59.4 Å². The first-order valence-electron chi connectivity index (χ1n) is 8.25. The molecule has 0 saturated carbocycles. The van der Waals surface area contributed by atoms with Gasteiger partial charge in [-0.1, -0.05) is 18.2 Å². The lowest BCUT2D eigenvalue weighted by Gasteiger charge is -1.98. The van der Waals surface area contributed by atoms with Crippen molar-refractivity contribution >= 4 is 21.8 Å². The number of aromatic nitrogens is 4. The SMILES string of the molecule is Cn1cc(-c2nonc2-c2cn(C)c3ccc(F)cc23)c2ccccc21. The van der Waals surface area contributed by atoms with Crippen LogP contribution >= 0.6 is 0 Å². The quantitative estimate of drug-likeness (QED) is 0.472. The van der Waals surface area contributed by atoms with Gasteiger partial charge in [-0.3, -0.25) is 0 Å². The maximum Gasteiger partial charge on any atom is 0.145 e. The smallest absolute Gasteiger partial charge is 0.145 e. The maximum absolute atomic E-state index is 13.8. The summed E-state index contributed by atoms with van der Waals surface area (Å²) in [6.07, 6.45) is 3.94. The Morgan fingerprint density at radius 2 is 1.42 bits per heavy atom. The van der Waals surface area contributed by atoms with E-state index >= 15 is 0 Å². The average Bonchev–Trinajstić information content (AvgIpc) is 3.32. The minimum absolute atomic E-state index is 0.284. The Morgan fingerprint density at radius 3 is 2.15 bits per heavy atom. The first-order chi connectivity index (χ1) is 12.6. The van der Waals surface area contributed by atoms with Gasteiger partial charge >= 0.3 is 0 Å². The topological polar surface area (TPSA) is 48.8 Å². The van der Waals surface area contributed by atoms with Crippen LogP contribution in [0.5, 0.6) is 0 Å². The van der Waals surface area contributed by atoms with Crippen LogP contribution in [0.4, 0.5) is 4.39 Å². The first kappa shape index (κ1) is 14.9. The highest BCUT2D eigenvalue weighted by molar-refractivity contribution is 6.02. The number of hydrogen-bond acceptors (Lipinski definition) is 3. The van der Waals surface area contributed by atoms with E-state index in [2.05, 4.69) is 16.4 Å². The summed E-state index contributed by atoms with van der Waals surface area (Å²) in [5.41, 5.74) is 5.02. The van der Waals surface area contributed by atoms with Gasteiger partial charge in [-0.25, -0.2) is 9.02 Å². The van der Waals surface area contributed by atoms with Crippen LogP contribution in [-0.2, 0) is 14.1 Å². The molecule has 0 N–H and O–H groups in total. The van der Waals surface area contributed by atoms with Crippen molar-refractivity contribution in [1.29, 1.82) is 0 Å². The fraction of sp³-hybridized carbons (Fsp3) is 0.100. The van der Waals surface area contributed by atoms with E-state index in [9.17, 15) is 4.39 Å². The van der Waals surface area contributed by atoms with Crippen LogP contribution in [-0.4, -0.2) is 19.4 Å². The van der Waals surface area contributed by atoms with Gasteiger partial charge in [-0.2, -0.15) is 0 Å². The molecule has 0 radical (unpaired) electrons. The van der Waals surface area contributed by atoms with E-state index in [1.807, 2.05) is 53.8 Å². The van der Waals surface area contributed by atoms with E-state index in [1.54, 1.807) is 6.07 Å². The number of rotatable bonds is 2. The number of aryl methyl sites for hydroxylation is 2. The summed E-state index contributed by atoms with van der Waals surface area (Å²) in [6, 6.07) is 12.8. The van der Waals surface area contributed by atoms with Gasteiger partial charge in [-0.15, -0.1) is 0 Å². The Bertz CT molecular complexity index is 1280. The van der Waals surface area contributed by atoms with Crippen molar-refractivity contribution in [3.63, 3.8) is 0 Å². The molecule has 128 valence electrons. The van der Waals surface area contributed by atoms with Crippen LogP contribution in [0.1, 0.15) is 0 Å². The molecule has 0 unspecified atom stereocenters. The van der Waals surface area contributed by atoms with Crippen LogP contribution < -0.4 is 0 Å². The third-order valence-electron chi connectivity index (χ3n) is 4.85. The summed E-state index contributed by atoms with van der Waals surface area (Å²) in [4.78, 5) is 0. The van der Waals surface area contributed by atoms with Crippen LogP contribution in [0, 0.1) is 5.82 Å². The number of hydrogen-bond donors (Lipinski definition) is 0. The van der Waals surface area contributed by atoms with Crippen molar-refractivity contribution in [1.82, 2.24) is 19.4 Å². The van der Waals surface area contributed by atoms with E-state index in [0.29, 0.717) is 11.4 Å². The Labute approximate surface area is 148 Å². The van der Waals surface area contributed by atoms with Gasteiger partial charge in [0.05, 0.1) is 0 Å². The third kappa shape index (κ3) is 2.02. The molecule has 0 bridgehead atoms. The van der Waals surface area contributed by atoms with Gasteiger partial charge in [0.25, 0.3) is 0 Å². The monoisotopic (exact) mass is 346 g/mol. The predicted molar refractivity (Wildman–Crippen MR) is 98.1 cm³/mol. The van der Waals surface area contributed by atoms with E-state index in [-0.39, 0.29) is 5.82 Å². The number of fused-ring (bicyclic) bond motifs is 2. The number of nitrogens with zero attached hydrogens (tertiary/aromatic N) is 4. The minimum atomic E-state index is -0.284. The van der Waals surface area contributed by atoms with Crippen molar-refractivity contribution in [2.45, 2.75) is 0 Å². The Kier molecular flexibility index (Phi) is 3.03. The Hall–Kier alpha value is -3.41. The zero-order valence-corrected chi connectivity index (χ0v) is 14.3. The number of halogens is 1. The van der Waals surface area contributed by atoms with Gasteiger partial charge < -0.3 is 9.13 Å². The molecule has 3 heterocycles. The number of benzene rings is 2. The molecule has 0 aliphatic heterocycles. The van der Waals surface area contributed by atoms with Crippen molar-refractivity contribution in [3.05, 3.63) is 60.7 Å². The summed E-state index contributed by atoms with van der Waals surface area (Å²) in [5.74, 6) is -0.284. The molecule has 3 aromatic heterocycles. The second-order valence-electron chi connectivity index (χ2n) is 6.45. The Balaban J connectivity index is 1.80. The molecule has 0 aliphatic carbocycles. The van der Waals surface area contributed by atoms with Crippen LogP contribution in [0.2, 0.25) is 0 Å². The highest BCUT2D eigenvalue weighted by Crippen LogP contribution is 2.38. The highest BCUT2D eigenvalue weighted by atomic mass is 19.1. The number of para-hydroxylation sites is 1. The van der Waals surface area contributed by atoms with E-state index in [4.69, 9.17) is 4.63 Å². The minimum Gasteiger partial charge on any atom is -0.350 e. The van der Waals surface area contributed by atoms with Crippen molar-refractivity contribution in [2.24, 2.45) is 14.1 Å². The average molecular weight is 346 g/mol. The molecule has 6 heteroatoms. The Morgan fingerprint density at radius 1 is 0.808 bits per heavy atom. The van der Waals surface area contributed by atoms with Crippen LogP contribution in [0.3, 0.4) is 0 Å². The predicted octanol–water partition coefficient (Wildman–Crippen LogP) is 4.53.